The van der Waals surface area contributed by atoms with Crippen LogP contribution in [0.25, 0.3) is 10.2 Å². The third-order valence-corrected chi connectivity index (χ3v) is 3.19. The molecule has 1 aromatic carbocycles. The first-order valence-electron chi connectivity index (χ1n) is 4.19. The molecule has 0 aliphatic carbocycles. The number of halogens is 1. The van der Waals surface area contributed by atoms with Crippen molar-refractivity contribution in [3.05, 3.63) is 16.6 Å². The molecule has 0 radical (unpaired) electrons. The number of nitrogen functional groups attached to an aromatic ring is 1. The number of hydrogen-bond acceptors (Lipinski definition) is 4. The predicted molar refractivity (Wildman–Crippen MR) is 62.9 cm³/mol. The van der Waals surface area contributed by atoms with Gasteiger partial charge in [-0.3, -0.25) is 0 Å². The molecule has 2 aromatic rings. The zero-order valence-corrected chi connectivity index (χ0v) is 9.98. The lowest BCUT2D eigenvalue weighted by Gasteiger charge is -2.02. The molecule has 0 bridgehead atoms. The van der Waals surface area contributed by atoms with E-state index in [-0.39, 0.29) is 0 Å². The Balaban J connectivity index is 2.59. The van der Waals surface area contributed by atoms with Crippen molar-refractivity contribution in [1.29, 1.82) is 0 Å². The minimum Gasteiger partial charge on any atom is -0.494 e. The van der Waals surface area contributed by atoms with Crippen molar-refractivity contribution in [2.24, 2.45) is 0 Å². The molecule has 1 heterocycles. The third-order valence-electron chi connectivity index (χ3n) is 1.75. The lowest BCUT2D eigenvalue weighted by atomic mass is 10.3. The summed E-state index contributed by atoms with van der Waals surface area (Å²) in [6, 6.07) is 3.86. The van der Waals surface area contributed by atoms with Crippen LogP contribution in [0, 0.1) is 0 Å². The van der Waals surface area contributed by atoms with Crippen LogP contribution in [0.3, 0.4) is 0 Å². The molecule has 0 amide bonds. The molecule has 0 unspecified atom stereocenters. The summed E-state index contributed by atoms with van der Waals surface area (Å²) in [5.41, 5.74) is 6.53. The zero-order valence-electron chi connectivity index (χ0n) is 7.58. The molecule has 2 N–H and O–H groups in total. The van der Waals surface area contributed by atoms with Crippen molar-refractivity contribution in [2.45, 2.75) is 6.92 Å². The van der Waals surface area contributed by atoms with E-state index in [1.807, 2.05) is 19.1 Å². The number of hydrogen-bond donors (Lipinski definition) is 1. The Morgan fingerprint density at radius 1 is 1.57 bits per heavy atom. The Morgan fingerprint density at radius 3 is 3.07 bits per heavy atom. The highest BCUT2D eigenvalue weighted by Crippen LogP contribution is 2.33. The van der Waals surface area contributed by atoms with E-state index in [4.69, 9.17) is 10.5 Å². The molecular weight excluding hydrogens is 264 g/mol. The van der Waals surface area contributed by atoms with Crippen molar-refractivity contribution < 1.29 is 4.74 Å². The van der Waals surface area contributed by atoms with E-state index in [1.165, 1.54) is 11.3 Å². The average molecular weight is 273 g/mol. The molecule has 2 rings (SSSR count). The van der Waals surface area contributed by atoms with Gasteiger partial charge in [-0.05, 0) is 35.0 Å². The highest BCUT2D eigenvalue weighted by atomic mass is 79.9. The van der Waals surface area contributed by atoms with Crippen molar-refractivity contribution in [2.75, 3.05) is 12.3 Å². The summed E-state index contributed by atoms with van der Waals surface area (Å²) in [5, 5.41) is 0.578. The highest BCUT2D eigenvalue weighted by Gasteiger charge is 2.07. The lowest BCUT2D eigenvalue weighted by Crippen LogP contribution is -1.90. The van der Waals surface area contributed by atoms with Gasteiger partial charge >= 0.3 is 0 Å². The monoisotopic (exact) mass is 272 g/mol. The van der Waals surface area contributed by atoms with Crippen LogP contribution < -0.4 is 10.5 Å². The summed E-state index contributed by atoms with van der Waals surface area (Å²) in [6.45, 7) is 2.62. The van der Waals surface area contributed by atoms with Crippen molar-refractivity contribution >= 4 is 42.6 Å². The molecule has 5 heteroatoms. The fraction of sp³-hybridized carbons (Fsp3) is 0.222. The Morgan fingerprint density at radius 2 is 2.36 bits per heavy atom. The van der Waals surface area contributed by atoms with Gasteiger partial charge in [0.2, 0.25) is 0 Å². The molecule has 0 atom stereocenters. The molecule has 1 aromatic heterocycles. The van der Waals surface area contributed by atoms with Crippen molar-refractivity contribution in [1.82, 2.24) is 4.98 Å². The maximum atomic E-state index is 5.63. The average Bonchev–Trinajstić information content (AvgIpc) is 2.47. The molecule has 0 aliphatic heterocycles. The van der Waals surface area contributed by atoms with Gasteiger partial charge in [0.25, 0.3) is 0 Å². The normalized spacial score (nSPS) is 10.7. The van der Waals surface area contributed by atoms with E-state index in [1.54, 1.807) is 0 Å². The number of nitrogens with two attached hydrogens (primary N) is 1. The van der Waals surface area contributed by atoms with Crippen LogP contribution in [0.2, 0.25) is 0 Å². The summed E-state index contributed by atoms with van der Waals surface area (Å²) in [5.74, 6) is 0.843. The molecule has 0 saturated heterocycles. The molecule has 3 nitrogen and oxygen atoms in total. The second-order valence-electron chi connectivity index (χ2n) is 2.74. The van der Waals surface area contributed by atoms with Crippen LogP contribution in [-0.2, 0) is 0 Å². The first-order valence-corrected chi connectivity index (χ1v) is 5.80. The van der Waals surface area contributed by atoms with E-state index < -0.39 is 0 Å². The topological polar surface area (TPSA) is 48.1 Å². The molecule has 0 saturated carbocycles. The Kier molecular flexibility index (Phi) is 2.60. The predicted octanol–water partition coefficient (Wildman–Crippen LogP) is 3.04. The van der Waals surface area contributed by atoms with Crippen LogP contribution >= 0.6 is 27.3 Å². The number of anilines is 1. The molecule has 14 heavy (non-hydrogen) atoms. The summed E-state index contributed by atoms with van der Waals surface area (Å²) in [6.07, 6.45) is 0. The second-order valence-corrected chi connectivity index (χ2v) is 4.65. The van der Waals surface area contributed by atoms with E-state index >= 15 is 0 Å². The van der Waals surface area contributed by atoms with Gasteiger partial charge in [-0.15, -0.1) is 0 Å². The number of benzene rings is 1. The first kappa shape index (κ1) is 9.73. The van der Waals surface area contributed by atoms with Gasteiger partial charge in [0.15, 0.2) is 5.13 Å². The number of nitrogens with zero attached hydrogens (tertiary/aromatic N) is 1. The number of ether oxygens (including phenoxy) is 1. The zero-order chi connectivity index (χ0) is 10.1. The van der Waals surface area contributed by atoms with Gasteiger partial charge < -0.3 is 10.5 Å². The van der Waals surface area contributed by atoms with Crippen LogP contribution in [0.5, 0.6) is 5.75 Å². The van der Waals surface area contributed by atoms with Gasteiger partial charge in [0.05, 0.1) is 16.8 Å². The number of rotatable bonds is 2. The van der Waals surface area contributed by atoms with E-state index in [2.05, 4.69) is 20.9 Å². The summed E-state index contributed by atoms with van der Waals surface area (Å²) >= 11 is 4.90. The van der Waals surface area contributed by atoms with Gasteiger partial charge in [-0.2, -0.15) is 0 Å². The molecule has 74 valence electrons. The van der Waals surface area contributed by atoms with Crippen molar-refractivity contribution in [3.8, 4) is 5.75 Å². The smallest absolute Gasteiger partial charge is 0.181 e. The van der Waals surface area contributed by atoms with Gasteiger partial charge in [0, 0.05) is 4.47 Å². The summed E-state index contributed by atoms with van der Waals surface area (Å²) in [7, 11) is 0. The number of thiazole rings is 1. The molecular formula is C9H9BrN2OS. The largest absolute Gasteiger partial charge is 0.494 e. The first-order chi connectivity index (χ1) is 6.70. The lowest BCUT2D eigenvalue weighted by molar-refractivity contribution is 0.340. The third kappa shape index (κ3) is 1.69. The summed E-state index contributed by atoms with van der Waals surface area (Å²) in [4.78, 5) is 4.21. The van der Waals surface area contributed by atoms with E-state index in [9.17, 15) is 0 Å². The summed E-state index contributed by atoms with van der Waals surface area (Å²) < 4.78 is 7.38. The van der Waals surface area contributed by atoms with Crippen molar-refractivity contribution in [3.63, 3.8) is 0 Å². The van der Waals surface area contributed by atoms with Gasteiger partial charge in [-0.25, -0.2) is 4.98 Å². The van der Waals surface area contributed by atoms with Crippen LogP contribution in [0.1, 0.15) is 6.92 Å². The number of aromatic nitrogens is 1. The maximum absolute atomic E-state index is 5.63. The second kappa shape index (κ2) is 3.74. The Labute approximate surface area is 94.0 Å². The highest BCUT2D eigenvalue weighted by molar-refractivity contribution is 9.10. The van der Waals surface area contributed by atoms with Crippen LogP contribution in [0.15, 0.2) is 16.6 Å². The molecule has 0 aliphatic rings. The molecule has 0 fully saturated rings. The van der Waals surface area contributed by atoms with E-state index in [0.29, 0.717) is 11.7 Å². The minimum atomic E-state index is 0.578. The Hall–Kier alpha value is -0.810. The van der Waals surface area contributed by atoms with Crippen LogP contribution in [-0.4, -0.2) is 11.6 Å². The standard InChI is InChI=1S/C9H9BrN2OS/c1-2-13-5-3-6(10)8-7(4-5)14-9(11)12-8/h3-4H,2H2,1H3,(H2,11,12). The minimum absolute atomic E-state index is 0.578. The van der Waals surface area contributed by atoms with Crippen LogP contribution in [0.4, 0.5) is 5.13 Å². The fourth-order valence-electron chi connectivity index (χ4n) is 1.23. The van der Waals surface area contributed by atoms with E-state index in [0.717, 1.165) is 20.4 Å². The van der Waals surface area contributed by atoms with Gasteiger partial charge in [0.1, 0.15) is 5.75 Å². The SMILES string of the molecule is CCOc1cc(Br)c2nc(N)sc2c1. The number of fused-ring (bicyclic) bond motifs is 1. The Bertz CT molecular complexity index is 469. The fourth-order valence-corrected chi connectivity index (χ4v) is 2.68. The molecule has 0 spiro atoms. The van der Waals surface area contributed by atoms with Gasteiger partial charge in [-0.1, -0.05) is 11.3 Å². The quantitative estimate of drug-likeness (QED) is 0.914. The maximum Gasteiger partial charge on any atom is 0.181 e.